The predicted molar refractivity (Wildman–Crippen MR) is 81.9 cm³/mol. The van der Waals surface area contributed by atoms with Crippen LogP contribution in [0, 0.1) is 0 Å². The average Bonchev–Trinajstić information content (AvgIpc) is 3.11. The van der Waals surface area contributed by atoms with Gasteiger partial charge in [0.25, 0.3) is 5.91 Å². The Labute approximate surface area is 132 Å². The van der Waals surface area contributed by atoms with Crippen LogP contribution < -0.4 is 10.6 Å². The summed E-state index contributed by atoms with van der Waals surface area (Å²) in [7, 11) is 1.51. The second-order valence-electron chi connectivity index (χ2n) is 4.63. The third kappa shape index (κ3) is 3.28. The molecule has 0 radical (unpaired) electrons. The molecule has 2 amide bonds. The zero-order valence-corrected chi connectivity index (χ0v) is 13.3. The van der Waals surface area contributed by atoms with Crippen molar-refractivity contribution in [3.63, 3.8) is 0 Å². The number of carbonyl (C=O) groups is 2. The number of nitrogens with one attached hydrogen (secondary N) is 2. The number of aromatic nitrogens is 4. The lowest BCUT2D eigenvalue weighted by atomic mass is 10.3. The highest BCUT2D eigenvalue weighted by Crippen LogP contribution is 2.17. The SMILES string of the molecule is CCn1cc(NC(=O)C(C)n2cc(Cl)cn2)c(C(=O)NC)n1. The van der Waals surface area contributed by atoms with E-state index in [1.54, 1.807) is 24.0 Å². The van der Waals surface area contributed by atoms with Crippen LogP contribution in [-0.2, 0) is 11.3 Å². The van der Waals surface area contributed by atoms with Crippen molar-refractivity contribution < 1.29 is 9.59 Å². The minimum atomic E-state index is -0.574. The van der Waals surface area contributed by atoms with Crippen LogP contribution >= 0.6 is 11.6 Å². The van der Waals surface area contributed by atoms with E-state index in [0.717, 1.165) is 0 Å². The van der Waals surface area contributed by atoms with Gasteiger partial charge in [-0.1, -0.05) is 11.6 Å². The summed E-state index contributed by atoms with van der Waals surface area (Å²) >= 11 is 5.80. The molecule has 8 nitrogen and oxygen atoms in total. The molecule has 22 heavy (non-hydrogen) atoms. The van der Waals surface area contributed by atoms with Crippen LogP contribution in [0.2, 0.25) is 5.02 Å². The molecule has 0 aliphatic carbocycles. The number of anilines is 1. The number of carbonyl (C=O) groups excluding carboxylic acids is 2. The number of rotatable bonds is 5. The summed E-state index contributed by atoms with van der Waals surface area (Å²) in [5.41, 5.74) is 0.528. The van der Waals surface area contributed by atoms with E-state index in [1.807, 2.05) is 6.92 Å². The summed E-state index contributed by atoms with van der Waals surface area (Å²) in [6.45, 7) is 4.16. The average molecular weight is 325 g/mol. The Morgan fingerprint density at radius 1 is 1.41 bits per heavy atom. The number of hydrogen-bond acceptors (Lipinski definition) is 4. The lowest BCUT2D eigenvalue weighted by molar-refractivity contribution is -0.119. The molecule has 118 valence electrons. The number of hydrogen-bond donors (Lipinski definition) is 2. The van der Waals surface area contributed by atoms with E-state index in [2.05, 4.69) is 20.8 Å². The summed E-state index contributed by atoms with van der Waals surface area (Å²) in [4.78, 5) is 24.1. The van der Waals surface area contributed by atoms with Crippen molar-refractivity contribution >= 4 is 29.1 Å². The number of halogens is 1. The highest BCUT2D eigenvalue weighted by atomic mass is 35.5. The van der Waals surface area contributed by atoms with E-state index in [0.29, 0.717) is 17.3 Å². The molecule has 0 bridgehead atoms. The van der Waals surface area contributed by atoms with E-state index >= 15 is 0 Å². The highest BCUT2D eigenvalue weighted by Gasteiger charge is 2.21. The van der Waals surface area contributed by atoms with E-state index in [4.69, 9.17) is 11.6 Å². The van der Waals surface area contributed by atoms with Crippen molar-refractivity contribution in [3.8, 4) is 0 Å². The fourth-order valence-electron chi connectivity index (χ4n) is 1.84. The third-order valence-electron chi connectivity index (χ3n) is 3.13. The van der Waals surface area contributed by atoms with Crippen molar-refractivity contribution in [1.29, 1.82) is 0 Å². The largest absolute Gasteiger partial charge is 0.354 e. The molecule has 0 fully saturated rings. The van der Waals surface area contributed by atoms with Gasteiger partial charge in [0, 0.05) is 26.0 Å². The Hall–Kier alpha value is -2.35. The lowest BCUT2D eigenvalue weighted by Gasteiger charge is -2.12. The molecule has 2 heterocycles. The Balaban J connectivity index is 2.20. The van der Waals surface area contributed by atoms with Crippen LogP contribution in [0.5, 0.6) is 0 Å². The summed E-state index contributed by atoms with van der Waals surface area (Å²) < 4.78 is 3.02. The second-order valence-corrected chi connectivity index (χ2v) is 5.07. The molecule has 0 aromatic carbocycles. The van der Waals surface area contributed by atoms with Crippen LogP contribution in [0.1, 0.15) is 30.4 Å². The van der Waals surface area contributed by atoms with E-state index in [9.17, 15) is 9.59 Å². The maximum absolute atomic E-state index is 12.3. The maximum Gasteiger partial charge on any atom is 0.273 e. The van der Waals surface area contributed by atoms with Crippen molar-refractivity contribution in [2.75, 3.05) is 12.4 Å². The first kappa shape index (κ1) is 16.0. The van der Waals surface area contributed by atoms with Gasteiger partial charge >= 0.3 is 0 Å². The lowest BCUT2D eigenvalue weighted by Crippen LogP contribution is -2.26. The van der Waals surface area contributed by atoms with Crippen LogP contribution in [0.4, 0.5) is 5.69 Å². The number of amides is 2. The molecule has 1 unspecified atom stereocenters. The van der Waals surface area contributed by atoms with Crippen LogP contribution in [0.25, 0.3) is 0 Å². The molecule has 0 spiro atoms. The highest BCUT2D eigenvalue weighted by molar-refractivity contribution is 6.30. The third-order valence-corrected chi connectivity index (χ3v) is 3.33. The quantitative estimate of drug-likeness (QED) is 0.867. The minimum absolute atomic E-state index is 0.170. The molecule has 2 aromatic heterocycles. The maximum atomic E-state index is 12.3. The van der Waals surface area contributed by atoms with Gasteiger partial charge in [0.2, 0.25) is 5.91 Å². The fraction of sp³-hybridized carbons (Fsp3) is 0.385. The first-order valence-corrected chi connectivity index (χ1v) is 7.14. The molecular formula is C13H17ClN6O2. The van der Waals surface area contributed by atoms with Gasteiger partial charge in [-0.25, -0.2) is 0 Å². The molecule has 0 aliphatic rings. The Bertz CT molecular complexity index is 693. The smallest absolute Gasteiger partial charge is 0.273 e. The number of aryl methyl sites for hydroxylation is 1. The molecule has 0 saturated carbocycles. The van der Waals surface area contributed by atoms with Gasteiger partial charge in [0.15, 0.2) is 5.69 Å². The fourth-order valence-corrected chi connectivity index (χ4v) is 1.99. The van der Waals surface area contributed by atoms with Gasteiger partial charge in [-0.05, 0) is 13.8 Å². The molecule has 2 aromatic rings. The van der Waals surface area contributed by atoms with Crippen LogP contribution in [-0.4, -0.2) is 38.4 Å². The zero-order chi connectivity index (χ0) is 16.3. The van der Waals surface area contributed by atoms with Crippen molar-refractivity contribution in [2.45, 2.75) is 26.4 Å². The molecule has 0 aliphatic heterocycles. The van der Waals surface area contributed by atoms with E-state index in [-0.39, 0.29) is 17.5 Å². The normalized spacial score (nSPS) is 12.0. The van der Waals surface area contributed by atoms with E-state index in [1.165, 1.54) is 17.9 Å². The van der Waals surface area contributed by atoms with Gasteiger partial charge in [-0.15, -0.1) is 0 Å². The van der Waals surface area contributed by atoms with Gasteiger partial charge in [-0.2, -0.15) is 10.2 Å². The molecule has 9 heteroatoms. The summed E-state index contributed by atoms with van der Waals surface area (Å²) in [5.74, 6) is -0.683. The van der Waals surface area contributed by atoms with Crippen molar-refractivity contribution in [2.24, 2.45) is 0 Å². The minimum Gasteiger partial charge on any atom is -0.354 e. The first-order chi connectivity index (χ1) is 10.5. The predicted octanol–water partition coefficient (Wildman–Crippen LogP) is 1.31. The molecule has 2 N–H and O–H groups in total. The molecule has 0 saturated heterocycles. The molecular weight excluding hydrogens is 308 g/mol. The summed E-state index contributed by atoms with van der Waals surface area (Å²) in [5, 5.41) is 13.8. The van der Waals surface area contributed by atoms with Crippen molar-refractivity contribution in [3.05, 3.63) is 29.3 Å². The van der Waals surface area contributed by atoms with Gasteiger partial charge in [0.1, 0.15) is 6.04 Å². The first-order valence-electron chi connectivity index (χ1n) is 6.76. The van der Waals surface area contributed by atoms with Gasteiger partial charge in [0.05, 0.1) is 16.9 Å². The van der Waals surface area contributed by atoms with Crippen LogP contribution in [0.15, 0.2) is 18.6 Å². The topological polar surface area (TPSA) is 93.8 Å². The monoisotopic (exact) mass is 324 g/mol. The van der Waals surface area contributed by atoms with Crippen molar-refractivity contribution in [1.82, 2.24) is 24.9 Å². The Morgan fingerprint density at radius 2 is 2.14 bits per heavy atom. The second kappa shape index (κ2) is 6.61. The van der Waals surface area contributed by atoms with Gasteiger partial charge < -0.3 is 10.6 Å². The standard InChI is InChI=1S/C13H17ClN6O2/c1-4-19-7-10(11(18-19)13(22)15-3)17-12(21)8(2)20-6-9(14)5-16-20/h5-8H,4H2,1-3H3,(H,15,22)(H,17,21). The van der Waals surface area contributed by atoms with E-state index < -0.39 is 6.04 Å². The summed E-state index contributed by atoms with van der Waals surface area (Å²) in [6, 6.07) is -0.574. The Kier molecular flexibility index (Phi) is 4.81. The molecule has 2 rings (SSSR count). The van der Waals surface area contributed by atoms with Gasteiger partial charge in [-0.3, -0.25) is 19.0 Å². The zero-order valence-electron chi connectivity index (χ0n) is 12.5. The Morgan fingerprint density at radius 3 is 2.68 bits per heavy atom. The number of nitrogens with zero attached hydrogens (tertiary/aromatic N) is 4. The summed E-state index contributed by atoms with van der Waals surface area (Å²) in [6.07, 6.45) is 4.63. The van der Waals surface area contributed by atoms with Crippen LogP contribution in [0.3, 0.4) is 0 Å². The molecule has 1 atom stereocenters.